The van der Waals surface area contributed by atoms with Crippen molar-refractivity contribution in [3.63, 3.8) is 0 Å². The summed E-state index contributed by atoms with van der Waals surface area (Å²) >= 11 is 1.06. The molecular weight excluding hydrogens is 331 g/mol. The average molecular weight is 345 g/mol. The van der Waals surface area contributed by atoms with Crippen molar-refractivity contribution in [2.24, 2.45) is 10.7 Å². The highest BCUT2D eigenvalue weighted by Crippen LogP contribution is 2.37. The summed E-state index contributed by atoms with van der Waals surface area (Å²) in [6.07, 6.45) is -4.52. The second-order valence-corrected chi connectivity index (χ2v) is 5.56. The van der Waals surface area contributed by atoms with E-state index in [1.54, 1.807) is 0 Å². The van der Waals surface area contributed by atoms with Crippen LogP contribution >= 0.6 is 11.8 Å². The third-order valence-electron chi connectivity index (χ3n) is 2.97. The Morgan fingerprint density at radius 3 is 2.74 bits per heavy atom. The van der Waals surface area contributed by atoms with Crippen molar-refractivity contribution in [2.75, 3.05) is 24.2 Å². The number of nitrogens with two attached hydrogens (primary N) is 1. The number of amidine groups is 1. The zero-order chi connectivity index (χ0) is 17.0. The third-order valence-corrected chi connectivity index (χ3v) is 3.97. The van der Waals surface area contributed by atoms with Crippen LogP contribution < -0.4 is 11.1 Å². The number of nitrogens with zero attached hydrogens (tertiary/aromatic N) is 1. The summed E-state index contributed by atoms with van der Waals surface area (Å²) in [7, 11) is 0. The van der Waals surface area contributed by atoms with Crippen molar-refractivity contribution in [1.82, 2.24) is 0 Å². The summed E-state index contributed by atoms with van der Waals surface area (Å²) in [5.74, 6) is -0.344. The van der Waals surface area contributed by atoms with Crippen molar-refractivity contribution >= 4 is 29.1 Å². The number of anilines is 1. The van der Waals surface area contributed by atoms with E-state index >= 15 is 0 Å². The summed E-state index contributed by atoms with van der Waals surface area (Å²) in [5.41, 5.74) is 4.77. The molecule has 0 saturated carbocycles. The van der Waals surface area contributed by atoms with Gasteiger partial charge in [0.05, 0.1) is 40.8 Å². The molecule has 1 aliphatic rings. The van der Waals surface area contributed by atoms with Gasteiger partial charge in [-0.15, -0.1) is 0 Å². The molecule has 0 aromatic heterocycles. The number of para-hydroxylation sites is 1. The predicted octanol–water partition coefficient (Wildman–Crippen LogP) is 1.99. The fraction of sp³-hybridized carbons (Fsp3) is 0.286. The molecule has 1 heterocycles. The quantitative estimate of drug-likeness (QED) is 0.561. The van der Waals surface area contributed by atoms with Crippen molar-refractivity contribution in [3.8, 4) is 0 Å². The van der Waals surface area contributed by atoms with Gasteiger partial charge in [0.2, 0.25) is 0 Å². The number of benzene rings is 1. The van der Waals surface area contributed by atoms with Gasteiger partial charge in [0, 0.05) is 0 Å². The van der Waals surface area contributed by atoms with Gasteiger partial charge in [0.25, 0.3) is 0 Å². The lowest BCUT2D eigenvalue weighted by Crippen LogP contribution is -2.23. The molecule has 4 N–H and O–H groups in total. The van der Waals surface area contributed by atoms with E-state index in [4.69, 9.17) is 10.8 Å². The molecule has 0 aliphatic carbocycles. The Morgan fingerprint density at radius 1 is 1.39 bits per heavy atom. The number of nitrogens with one attached hydrogen (secondary N) is 1. The number of ketones is 1. The van der Waals surface area contributed by atoms with Gasteiger partial charge < -0.3 is 16.2 Å². The van der Waals surface area contributed by atoms with E-state index in [-0.39, 0.29) is 46.8 Å². The maximum atomic E-state index is 13.0. The van der Waals surface area contributed by atoms with E-state index in [9.17, 15) is 18.0 Å². The van der Waals surface area contributed by atoms with Gasteiger partial charge in [-0.2, -0.15) is 13.2 Å². The number of halogens is 3. The first-order valence-electron chi connectivity index (χ1n) is 6.59. The Bertz CT molecular complexity index is 671. The number of aliphatic imine (C=N–C) groups is 1. The van der Waals surface area contributed by atoms with Gasteiger partial charge in [0.1, 0.15) is 5.84 Å². The lowest BCUT2D eigenvalue weighted by Gasteiger charge is -2.15. The van der Waals surface area contributed by atoms with Crippen LogP contribution in [-0.4, -0.2) is 35.6 Å². The first-order chi connectivity index (χ1) is 10.8. The molecule has 1 aromatic rings. The van der Waals surface area contributed by atoms with Crippen molar-refractivity contribution in [1.29, 1.82) is 0 Å². The summed E-state index contributed by atoms with van der Waals surface area (Å²) in [5, 5.41) is 11.6. The number of thioether (sulfide) groups is 1. The highest BCUT2D eigenvalue weighted by molar-refractivity contribution is 8.04. The Kier molecular flexibility index (Phi) is 5.32. The van der Waals surface area contributed by atoms with Crippen LogP contribution in [0.4, 0.5) is 18.9 Å². The second kappa shape index (κ2) is 7.05. The summed E-state index contributed by atoms with van der Waals surface area (Å²) in [6.45, 7) is -0.227. The number of hydrogen-bond donors (Lipinski definition) is 3. The third kappa shape index (κ3) is 4.05. The van der Waals surface area contributed by atoms with Crippen LogP contribution in [0.3, 0.4) is 0 Å². The Balaban J connectivity index is 2.38. The van der Waals surface area contributed by atoms with E-state index < -0.39 is 11.7 Å². The highest BCUT2D eigenvalue weighted by atomic mass is 32.2. The molecule has 0 radical (unpaired) electrons. The predicted molar refractivity (Wildman–Crippen MR) is 83.1 cm³/mol. The lowest BCUT2D eigenvalue weighted by atomic mass is 10.1. The fourth-order valence-electron chi connectivity index (χ4n) is 1.98. The molecule has 0 atom stereocenters. The highest BCUT2D eigenvalue weighted by Gasteiger charge is 2.34. The first-order valence-corrected chi connectivity index (χ1v) is 7.58. The average Bonchev–Trinajstić information content (AvgIpc) is 2.85. The van der Waals surface area contributed by atoms with Gasteiger partial charge >= 0.3 is 6.18 Å². The summed E-state index contributed by atoms with van der Waals surface area (Å²) in [4.78, 5) is 15.7. The Morgan fingerprint density at radius 2 is 2.09 bits per heavy atom. The maximum Gasteiger partial charge on any atom is 0.418 e. The van der Waals surface area contributed by atoms with Crippen molar-refractivity contribution < 1.29 is 23.1 Å². The molecule has 0 amide bonds. The molecule has 9 heteroatoms. The number of Topliss-reactive ketones (excluding diaryl/α,β-unsaturated/α-hetero) is 1. The minimum Gasteiger partial charge on any atom is -0.394 e. The molecule has 0 bridgehead atoms. The maximum absolute atomic E-state index is 13.0. The fourth-order valence-corrected chi connectivity index (χ4v) is 2.94. The van der Waals surface area contributed by atoms with Gasteiger partial charge in [-0.05, 0) is 12.1 Å². The molecule has 23 heavy (non-hydrogen) atoms. The number of carbonyl (C=O) groups excluding carboxylic acids is 1. The van der Waals surface area contributed by atoms with Gasteiger partial charge in [0.15, 0.2) is 5.78 Å². The van der Waals surface area contributed by atoms with E-state index in [1.165, 1.54) is 18.2 Å². The van der Waals surface area contributed by atoms with Crippen molar-refractivity contribution in [3.05, 3.63) is 40.4 Å². The number of aliphatic hydroxyl groups is 1. The SMILES string of the molecule is NC(=NCCO)C1=C(Nc2ccccc2C(F)(F)F)SCC1=O. The van der Waals surface area contributed by atoms with Gasteiger partial charge in [-0.1, -0.05) is 23.9 Å². The van der Waals surface area contributed by atoms with E-state index in [2.05, 4.69) is 10.3 Å². The van der Waals surface area contributed by atoms with Gasteiger partial charge in [-0.3, -0.25) is 9.79 Å². The molecule has 124 valence electrons. The lowest BCUT2D eigenvalue weighted by molar-refractivity contribution is -0.136. The van der Waals surface area contributed by atoms with Crippen LogP contribution in [0.2, 0.25) is 0 Å². The van der Waals surface area contributed by atoms with Crippen LogP contribution in [-0.2, 0) is 11.0 Å². The first kappa shape index (κ1) is 17.4. The molecule has 5 nitrogen and oxygen atoms in total. The largest absolute Gasteiger partial charge is 0.418 e. The zero-order valence-corrected chi connectivity index (χ0v) is 12.7. The number of carbonyl (C=O) groups is 1. The molecule has 0 saturated heterocycles. The topological polar surface area (TPSA) is 87.7 Å². The Labute approximate surface area is 134 Å². The minimum atomic E-state index is -4.52. The normalized spacial score (nSPS) is 16.2. The van der Waals surface area contributed by atoms with Crippen LogP contribution in [0.1, 0.15) is 5.56 Å². The second-order valence-electron chi connectivity index (χ2n) is 4.57. The standard InChI is InChI=1S/C14H14F3N3O2S/c15-14(16,17)8-3-1-2-4-9(8)20-13-11(10(22)7-23-13)12(18)19-5-6-21/h1-4,20-21H,5-7H2,(H2,18,19). The Hall–Kier alpha value is -2.00. The smallest absolute Gasteiger partial charge is 0.394 e. The zero-order valence-electron chi connectivity index (χ0n) is 11.9. The monoisotopic (exact) mass is 345 g/mol. The van der Waals surface area contributed by atoms with Crippen LogP contribution in [0.25, 0.3) is 0 Å². The van der Waals surface area contributed by atoms with Gasteiger partial charge in [-0.25, -0.2) is 0 Å². The molecule has 1 aliphatic heterocycles. The van der Waals surface area contributed by atoms with E-state index in [0.717, 1.165) is 17.8 Å². The van der Waals surface area contributed by atoms with E-state index in [1.807, 2.05) is 0 Å². The molecular formula is C14H14F3N3O2S. The van der Waals surface area contributed by atoms with Crippen LogP contribution in [0.5, 0.6) is 0 Å². The summed E-state index contributed by atoms with van der Waals surface area (Å²) in [6, 6.07) is 4.97. The molecule has 1 aromatic carbocycles. The molecule has 0 unspecified atom stereocenters. The summed E-state index contributed by atoms with van der Waals surface area (Å²) < 4.78 is 39.0. The molecule has 0 spiro atoms. The van der Waals surface area contributed by atoms with Crippen molar-refractivity contribution in [2.45, 2.75) is 6.18 Å². The van der Waals surface area contributed by atoms with Crippen LogP contribution in [0, 0.1) is 0 Å². The van der Waals surface area contributed by atoms with E-state index in [0.29, 0.717) is 0 Å². The number of alkyl halides is 3. The number of hydrogen-bond acceptors (Lipinski definition) is 5. The molecule has 0 fully saturated rings. The number of rotatable bonds is 5. The minimum absolute atomic E-state index is 0.0136. The van der Waals surface area contributed by atoms with Crippen LogP contribution in [0.15, 0.2) is 39.9 Å². The number of aliphatic hydroxyl groups excluding tert-OH is 1. The molecule has 2 rings (SSSR count).